The lowest BCUT2D eigenvalue weighted by Crippen LogP contribution is -2.30. The lowest BCUT2D eigenvalue weighted by atomic mass is 9.65. The van der Waals surface area contributed by atoms with Gasteiger partial charge < -0.3 is 0 Å². The van der Waals surface area contributed by atoms with Crippen molar-refractivity contribution in [2.24, 2.45) is 0 Å². The van der Waals surface area contributed by atoms with E-state index in [9.17, 15) is 30.6 Å². The van der Waals surface area contributed by atoms with Gasteiger partial charge in [-0.3, -0.25) is 9.59 Å². The number of rotatable bonds is 26. The number of benzene rings is 7. The Morgan fingerprint density at radius 1 is 0.361 bits per heavy atom. The number of nitriles is 4. The zero-order valence-electron chi connectivity index (χ0n) is 60.9. The molecule has 0 radical (unpaired) electrons. The number of carbonyl (C=O) groups is 2. The number of carbonyl (C=O) groups excluding carboxylic acids is 2. The SMILES string of the molecule is CCCCCCc1ccc(C2(c3ccc(CCCCCC)cc3)c3cc4c(cc3-c3sc5cc(/C=C6\C(=O)c7cc(F)c(F)cc7C6=C(C#N)C#N)sc5c32)C(c2ccc(CCCCCC)cc2)(c2ccc(CCCCCC)cc2)c2c-4sc3cc(/C=C4\C(=O)c5cc(F)c(F)cc5C4=C(C#N)C#N)sc23)cc1. The molecular weight excluding hydrogens is 1420 g/mol. The summed E-state index contributed by atoms with van der Waals surface area (Å²) in [7, 11) is 0. The maximum Gasteiger partial charge on any atom is 0.194 e. The quantitative estimate of drug-likeness (QED) is 0.0230. The number of halogens is 4. The minimum atomic E-state index is -1.21. The van der Waals surface area contributed by atoms with E-state index < -0.39 is 45.7 Å². The standard InChI is InChI=1S/C94H78F4N4O2S4/c1-5-9-13-17-21-55-25-33-61(34-26-55)93(62-35-27-56(28-36-62)22-18-14-10-6-2)75-45-72-76(46-71(75)89-85(93)91-81(107-89)43-65(105-91)41-73-83(59(51-99)52-100)67-47-77(95)79(97)49-69(67)87(73)103)94(63-37-29-57(30-38-63)23-19-15-11-7-3,64-39-31-58(32-40-64)24-20-16-12-8-4)86-90(72)108-82-44-66(106-92(82)86)42-74-84(60(53-101)54-102)68-48-78(96)80(98)50-70(68)88(74)104/h25-50H,5-24H2,1-4H3/b73-41-,74-42-. The van der Waals surface area contributed by atoms with Gasteiger partial charge in [0.15, 0.2) is 34.8 Å². The number of ketones is 2. The van der Waals surface area contributed by atoms with Crippen LogP contribution in [0.4, 0.5) is 17.6 Å². The third-order valence-electron chi connectivity index (χ3n) is 22.5. The van der Waals surface area contributed by atoms with Crippen molar-refractivity contribution in [3.05, 3.63) is 290 Å². The number of aryl methyl sites for hydroxylation is 4. The predicted molar refractivity (Wildman–Crippen MR) is 433 cm³/mol. The van der Waals surface area contributed by atoms with E-state index in [0.29, 0.717) is 9.75 Å². The second-order valence-corrected chi connectivity index (χ2v) is 33.4. The number of thiophene rings is 4. The van der Waals surface area contributed by atoms with Gasteiger partial charge in [-0.05, 0) is 190 Å². The van der Waals surface area contributed by atoms with E-state index >= 15 is 17.6 Å². The largest absolute Gasteiger partial charge is 0.289 e. The molecule has 4 aliphatic rings. The molecule has 108 heavy (non-hydrogen) atoms. The van der Waals surface area contributed by atoms with E-state index in [1.807, 2.05) is 24.3 Å². The summed E-state index contributed by atoms with van der Waals surface area (Å²) in [4.78, 5) is 32.7. The van der Waals surface area contributed by atoms with Gasteiger partial charge in [0.05, 0.1) is 20.2 Å². The maximum absolute atomic E-state index is 15.2. The van der Waals surface area contributed by atoms with Crippen LogP contribution < -0.4 is 0 Å². The Hall–Kier alpha value is -10.2. The van der Waals surface area contributed by atoms with Gasteiger partial charge in [0.25, 0.3) is 0 Å². The van der Waals surface area contributed by atoms with Crippen LogP contribution in [-0.2, 0) is 36.5 Å². The van der Waals surface area contributed by atoms with Gasteiger partial charge in [-0.2, -0.15) is 21.0 Å². The summed E-state index contributed by atoms with van der Waals surface area (Å²) in [5.41, 5.74) is 12.8. The molecule has 11 aromatic rings. The fourth-order valence-corrected chi connectivity index (χ4v) is 22.6. The van der Waals surface area contributed by atoms with Crippen LogP contribution >= 0.6 is 45.3 Å². The normalized spacial score (nSPS) is 14.8. The van der Waals surface area contributed by atoms with Crippen LogP contribution in [0.2, 0.25) is 0 Å². The van der Waals surface area contributed by atoms with Crippen LogP contribution in [0.5, 0.6) is 0 Å². The first-order valence-electron chi connectivity index (χ1n) is 38.0. The van der Waals surface area contributed by atoms with Crippen LogP contribution in [0.15, 0.2) is 168 Å². The highest BCUT2D eigenvalue weighted by atomic mass is 32.1. The van der Waals surface area contributed by atoms with E-state index in [4.69, 9.17) is 0 Å². The monoisotopic (exact) mass is 1500 g/mol. The summed E-state index contributed by atoms with van der Waals surface area (Å²) in [5, 5.41) is 41.6. The number of Topliss-reactive ketones (excluding diaryl/α,β-unsaturated/α-hetero) is 2. The number of nitrogens with zero attached hydrogens (tertiary/aromatic N) is 4. The zero-order valence-corrected chi connectivity index (χ0v) is 64.2. The molecule has 0 saturated heterocycles. The average molecular weight is 1500 g/mol. The highest BCUT2D eigenvalue weighted by Crippen LogP contribution is 2.68. The van der Waals surface area contributed by atoms with Crippen LogP contribution in [-0.4, -0.2) is 11.6 Å². The molecule has 0 saturated carbocycles. The molecule has 0 aliphatic heterocycles. The molecule has 0 unspecified atom stereocenters. The summed E-state index contributed by atoms with van der Waals surface area (Å²) >= 11 is 6.40. The molecule has 6 nitrogen and oxygen atoms in total. The van der Waals surface area contributed by atoms with Gasteiger partial charge in [-0.15, -0.1) is 45.3 Å². The van der Waals surface area contributed by atoms with Crippen molar-refractivity contribution < 1.29 is 27.2 Å². The molecule has 4 aliphatic carbocycles. The Kier molecular flexibility index (Phi) is 20.9. The summed E-state index contributed by atoms with van der Waals surface area (Å²) in [5.74, 6) is -6.03. The predicted octanol–water partition coefficient (Wildman–Crippen LogP) is 26.2. The van der Waals surface area contributed by atoms with Crippen molar-refractivity contribution in [2.75, 3.05) is 0 Å². The minimum absolute atomic E-state index is 0.00501. The maximum atomic E-state index is 15.2. The molecule has 14 heteroatoms. The summed E-state index contributed by atoms with van der Waals surface area (Å²) < 4.78 is 64.5. The Balaban J connectivity index is 1.01. The fourth-order valence-electron chi connectivity index (χ4n) is 17.2. The van der Waals surface area contributed by atoms with Crippen molar-refractivity contribution in [1.82, 2.24) is 0 Å². The first-order chi connectivity index (χ1) is 52.7. The average Bonchev–Trinajstić information content (AvgIpc) is 1.49. The highest BCUT2D eigenvalue weighted by molar-refractivity contribution is 7.31. The number of hydrogen-bond donors (Lipinski definition) is 0. The molecule has 0 amide bonds. The first-order valence-corrected chi connectivity index (χ1v) is 41.3. The lowest BCUT2D eigenvalue weighted by Gasteiger charge is -2.36. The van der Waals surface area contributed by atoms with E-state index in [-0.39, 0.29) is 55.7 Å². The first kappa shape index (κ1) is 73.4. The number of unbranched alkanes of at least 4 members (excludes halogenated alkanes) is 12. The van der Waals surface area contributed by atoms with Crippen molar-refractivity contribution in [3.63, 3.8) is 0 Å². The molecule has 0 N–H and O–H groups in total. The molecule has 0 bridgehead atoms. The Labute approximate surface area is 644 Å². The molecule has 4 aromatic heterocycles. The van der Waals surface area contributed by atoms with E-state index in [2.05, 4.69) is 149 Å². The van der Waals surface area contributed by atoms with Crippen molar-refractivity contribution in [3.8, 4) is 45.2 Å². The van der Waals surface area contributed by atoms with Crippen molar-refractivity contribution >= 4 is 99.0 Å². The second kappa shape index (κ2) is 30.8. The van der Waals surface area contributed by atoms with Gasteiger partial charge in [-0.25, -0.2) is 17.6 Å². The Bertz CT molecular complexity index is 5270. The van der Waals surface area contributed by atoms with Crippen LogP contribution in [0.1, 0.15) is 239 Å². The minimum Gasteiger partial charge on any atom is -0.289 e. The Morgan fingerprint density at radius 2 is 0.648 bits per heavy atom. The molecule has 538 valence electrons. The topological polar surface area (TPSA) is 129 Å². The van der Waals surface area contributed by atoms with Crippen molar-refractivity contribution in [2.45, 2.75) is 167 Å². The summed E-state index contributed by atoms with van der Waals surface area (Å²) in [6.07, 6.45) is 25.0. The van der Waals surface area contributed by atoms with Gasteiger partial charge >= 0.3 is 0 Å². The smallest absolute Gasteiger partial charge is 0.194 e. The molecule has 7 aromatic carbocycles. The highest BCUT2D eigenvalue weighted by Gasteiger charge is 2.55. The molecular formula is C94H78F4N4O2S4. The third kappa shape index (κ3) is 12.6. The van der Waals surface area contributed by atoms with Crippen LogP contribution in [0, 0.1) is 68.6 Å². The summed E-state index contributed by atoms with van der Waals surface area (Å²) in [6, 6.07) is 57.3. The van der Waals surface area contributed by atoms with Gasteiger partial charge in [0.1, 0.15) is 35.4 Å². The van der Waals surface area contributed by atoms with E-state index in [1.54, 1.807) is 34.8 Å². The molecule has 4 heterocycles. The van der Waals surface area contributed by atoms with Gasteiger partial charge in [-0.1, -0.05) is 202 Å². The number of fused-ring (bicyclic) bond motifs is 12. The molecule has 15 rings (SSSR count). The fraction of sp³-hybridized carbons (Fsp3) is 0.277. The van der Waals surface area contributed by atoms with Gasteiger partial charge in [0, 0.05) is 73.5 Å². The lowest BCUT2D eigenvalue weighted by molar-refractivity contribution is 0.103. The number of hydrogen-bond acceptors (Lipinski definition) is 10. The Morgan fingerprint density at radius 3 is 0.926 bits per heavy atom. The van der Waals surface area contributed by atoms with E-state index in [1.165, 1.54) is 44.9 Å². The van der Waals surface area contributed by atoms with E-state index in [0.717, 1.165) is 237 Å². The molecule has 0 fully saturated rings. The zero-order chi connectivity index (χ0) is 75.1. The van der Waals surface area contributed by atoms with Crippen LogP contribution in [0.25, 0.3) is 63.0 Å². The number of allylic oxidation sites excluding steroid dienone is 6. The molecule has 0 atom stereocenters. The van der Waals surface area contributed by atoms with Crippen LogP contribution in [0.3, 0.4) is 0 Å². The molecule has 0 spiro atoms. The third-order valence-corrected chi connectivity index (χ3v) is 27.3. The van der Waals surface area contributed by atoms with Gasteiger partial charge in [0.2, 0.25) is 0 Å². The summed E-state index contributed by atoms with van der Waals surface area (Å²) in [6.45, 7) is 8.91. The second-order valence-electron chi connectivity index (χ2n) is 29.1. The van der Waals surface area contributed by atoms with Crippen molar-refractivity contribution in [1.29, 1.82) is 21.0 Å².